The zero-order valence-corrected chi connectivity index (χ0v) is 8.45. The van der Waals surface area contributed by atoms with Gasteiger partial charge in [0.05, 0.1) is 5.69 Å². The zero-order chi connectivity index (χ0) is 11.5. The highest BCUT2D eigenvalue weighted by Crippen LogP contribution is 2.18. The van der Waals surface area contributed by atoms with Crippen molar-refractivity contribution < 1.29 is 9.90 Å². The van der Waals surface area contributed by atoms with E-state index in [9.17, 15) is 4.79 Å². The van der Waals surface area contributed by atoms with Crippen LogP contribution in [0.5, 0.6) is 0 Å². The number of aryl methyl sites for hydroxylation is 1. The Morgan fingerprint density at radius 1 is 1.25 bits per heavy atom. The first kappa shape index (κ1) is 10.2. The lowest BCUT2D eigenvalue weighted by Crippen LogP contribution is -2.06. The molecule has 6 nitrogen and oxygen atoms in total. The van der Waals surface area contributed by atoms with Crippen LogP contribution >= 0.6 is 0 Å². The molecule has 0 aliphatic heterocycles. The highest BCUT2D eigenvalue weighted by Gasteiger charge is 2.11. The second kappa shape index (κ2) is 4.01. The van der Waals surface area contributed by atoms with Crippen LogP contribution in [0.2, 0.25) is 0 Å². The van der Waals surface area contributed by atoms with Crippen LogP contribution in [-0.4, -0.2) is 31.0 Å². The van der Waals surface area contributed by atoms with Gasteiger partial charge in [-0.2, -0.15) is 0 Å². The van der Waals surface area contributed by atoms with Crippen LogP contribution in [0.4, 0.5) is 0 Å². The molecule has 0 amide bonds. The number of carbonyl (C=O) groups is 1. The molecule has 0 saturated heterocycles. The molecule has 0 aliphatic carbocycles. The van der Waals surface area contributed by atoms with E-state index in [1.165, 1.54) is 12.5 Å². The molecule has 0 bridgehead atoms. The summed E-state index contributed by atoms with van der Waals surface area (Å²) in [5, 5.41) is 8.79. The summed E-state index contributed by atoms with van der Waals surface area (Å²) in [6, 6.07) is 0. The largest absolute Gasteiger partial charge is 0.475 e. The first-order valence-corrected chi connectivity index (χ1v) is 4.51. The first-order chi connectivity index (χ1) is 7.68. The van der Waals surface area contributed by atoms with Crippen LogP contribution < -0.4 is 0 Å². The Labute approximate surface area is 91.1 Å². The number of rotatable bonds is 2. The summed E-state index contributed by atoms with van der Waals surface area (Å²) in [6.45, 7) is 1.80. The molecule has 0 atom stereocenters. The standard InChI is InChI=1S/C10H8N4O2/c1-6-2-13-9(10(15)16)14-8(6)7-3-11-5-12-4-7/h2-5H,1H3,(H,15,16). The minimum atomic E-state index is -1.15. The summed E-state index contributed by atoms with van der Waals surface area (Å²) < 4.78 is 0. The van der Waals surface area contributed by atoms with E-state index in [-0.39, 0.29) is 5.82 Å². The lowest BCUT2D eigenvalue weighted by Gasteiger charge is -2.03. The van der Waals surface area contributed by atoms with Gasteiger partial charge in [-0.1, -0.05) is 0 Å². The van der Waals surface area contributed by atoms with Gasteiger partial charge in [0.15, 0.2) is 0 Å². The number of hydrogen-bond acceptors (Lipinski definition) is 5. The molecule has 0 radical (unpaired) electrons. The zero-order valence-electron chi connectivity index (χ0n) is 8.45. The van der Waals surface area contributed by atoms with E-state index in [1.54, 1.807) is 19.3 Å². The summed E-state index contributed by atoms with van der Waals surface area (Å²) >= 11 is 0. The predicted octanol–water partition coefficient (Wildman–Crippen LogP) is 0.940. The fourth-order valence-corrected chi connectivity index (χ4v) is 1.26. The quantitative estimate of drug-likeness (QED) is 0.803. The van der Waals surface area contributed by atoms with Crippen molar-refractivity contribution in [3.8, 4) is 11.3 Å². The summed E-state index contributed by atoms with van der Waals surface area (Å²) in [5.74, 6) is -1.39. The Bertz CT molecular complexity index is 528. The van der Waals surface area contributed by atoms with Gasteiger partial charge in [-0.15, -0.1) is 0 Å². The molecular formula is C10H8N4O2. The SMILES string of the molecule is Cc1cnc(C(=O)O)nc1-c1cncnc1. The third-order valence-corrected chi connectivity index (χ3v) is 2.00. The van der Waals surface area contributed by atoms with E-state index < -0.39 is 5.97 Å². The molecule has 0 fully saturated rings. The first-order valence-electron chi connectivity index (χ1n) is 4.51. The average molecular weight is 216 g/mol. The third-order valence-electron chi connectivity index (χ3n) is 2.00. The summed E-state index contributed by atoms with van der Waals surface area (Å²) in [5.41, 5.74) is 1.98. The van der Waals surface area contributed by atoms with Gasteiger partial charge < -0.3 is 5.11 Å². The van der Waals surface area contributed by atoms with Crippen molar-refractivity contribution in [1.29, 1.82) is 0 Å². The molecule has 1 N–H and O–H groups in total. The van der Waals surface area contributed by atoms with Gasteiger partial charge in [0.1, 0.15) is 6.33 Å². The average Bonchev–Trinajstić information content (AvgIpc) is 2.30. The Morgan fingerprint density at radius 3 is 2.56 bits per heavy atom. The summed E-state index contributed by atoms with van der Waals surface area (Å²) in [7, 11) is 0. The van der Waals surface area contributed by atoms with E-state index in [2.05, 4.69) is 19.9 Å². The minimum absolute atomic E-state index is 0.232. The van der Waals surface area contributed by atoms with Crippen molar-refractivity contribution in [2.45, 2.75) is 6.92 Å². The molecule has 2 aromatic rings. The van der Waals surface area contributed by atoms with Gasteiger partial charge in [-0.25, -0.2) is 24.7 Å². The predicted molar refractivity (Wildman–Crippen MR) is 54.8 cm³/mol. The van der Waals surface area contributed by atoms with Crippen molar-refractivity contribution in [3.63, 3.8) is 0 Å². The van der Waals surface area contributed by atoms with E-state index in [0.717, 1.165) is 5.56 Å². The van der Waals surface area contributed by atoms with Crippen LogP contribution in [0, 0.1) is 6.92 Å². The molecule has 2 aromatic heterocycles. The van der Waals surface area contributed by atoms with Gasteiger partial charge >= 0.3 is 5.97 Å². The Kier molecular flexibility index (Phi) is 2.55. The third kappa shape index (κ3) is 1.85. The van der Waals surface area contributed by atoms with Gasteiger partial charge in [0, 0.05) is 24.2 Å². The molecule has 0 aliphatic rings. The van der Waals surface area contributed by atoms with Crippen LogP contribution in [0.25, 0.3) is 11.3 Å². The molecule has 2 rings (SSSR count). The maximum atomic E-state index is 10.7. The molecule has 0 spiro atoms. The Hall–Kier alpha value is -2.37. The van der Waals surface area contributed by atoms with E-state index >= 15 is 0 Å². The van der Waals surface area contributed by atoms with Gasteiger partial charge in [-0.05, 0) is 12.5 Å². The molecular weight excluding hydrogens is 208 g/mol. The lowest BCUT2D eigenvalue weighted by molar-refractivity contribution is 0.0683. The van der Waals surface area contributed by atoms with E-state index in [1.807, 2.05) is 0 Å². The van der Waals surface area contributed by atoms with Crippen LogP contribution in [-0.2, 0) is 0 Å². The number of hydrogen-bond donors (Lipinski definition) is 1. The number of aromatic nitrogens is 4. The van der Waals surface area contributed by atoms with Gasteiger partial charge in [-0.3, -0.25) is 0 Å². The molecule has 80 valence electrons. The van der Waals surface area contributed by atoms with Crippen molar-refractivity contribution in [1.82, 2.24) is 19.9 Å². The maximum Gasteiger partial charge on any atom is 0.373 e. The molecule has 2 heterocycles. The molecule has 16 heavy (non-hydrogen) atoms. The van der Waals surface area contributed by atoms with E-state index in [4.69, 9.17) is 5.11 Å². The van der Waals surface area contributed by atoms with Crippen LogP contribution in [0.1, 0.15) is 16.2 Å². The smallest absolute Gasteiger partial charge is 0.373 e. The number of nitrogens with zero attached hydrogens (tertiary/aromatic N) is 4. The molecule has 0 unspecified atom stereocenters. The summed E-state index contributed by atoms with van der Waals surface area (Å²) in [4.78, 5) is 26.1. The number of carboxylic acids is 1. The highest BCUT2D eigenvalue weighted by molar-refractivity contribution is 5.84. The van der Waals surface area contributed by atoms with Gasteiger partial charge in [0.2, 0.25) is 5.82 Å². The maximum absolute atomic E-state index is 10.7. The topological polar surface area (TPSA) is 88.9 Å². The van der Waals surface area contributed by atoms with Crippen LogP contribution in [0.15, 0.2) is 24.9 Å². The van der Waals surface area contributed by atoms with Gasteiger partial charge in [0.25, 0.3) is 0 Å². The fourth-order valence-electron chi connectivity index (χ4n) is 1.26. The molecule has 0 saturated carbocycles. The number of carboxylic acid groups (broad SMARTS) is 1. The second-order valence-electron chi connectivity index (χ2n) is 3.16. The number of aromatic carboxylic acids is 1. The lowest BCUT2D eigenvalue weighted by atomic mass is 10.1. The fraction of sp³-hybridized carbons (Fsp3) is 0.100. The van der Waals surface area contributed by atoms with Crippen molar-refractivity contribution in [2.75, 3.05) is 0 Å². The van der Waals surface area contributed by atoms with Crippen molar-refractivity contribution >= 4 is 5.97 Å². The van der Waals surface area contributed by atoms with Crippen molar-refractivity contribution in [3.05, 3.63) is 36.3 Å². The van der Waals surface area contributed by atoms with Crippen LogP contribution in [0.3, 0.4) is 0 Å². The molecule has 0 aromatic carbocycles. The minimum Gasteiger partial charge on any atom is -0.475 e. The van der Waals surface area contributed by atoms with Crippen molar-refractivity contribution in [2.24, 2.45) is 0 Å². The van der Waals surface area contributed by atoms with E-state index in [0.29, 0.717) is 11.3 Å². The normalized spacial score (nSPS) is 10.1. The monoisotopic (exact) mass is 216 g/mol. The summed E-state index contributed by atoms with van der Waals surface area (Å²) in [6.07, 6.45) is 6.03. The Morgan fingerprint density at radius 2 is 1.94 bits per heavy atom. The molecule has 6 heteroatoms. The second-order valence-corrected chi connectivity index (χ2v) is 3.16. The highest BCUT2D eigenvalue weighted by atomic mass is 16.4. The Balaban J connectivity index is 2.56.